The van der Waals surface area contributed by atoms with Crippen LogP contribution < -0.4 is 16.1 Å². The number of aryl methyl sites for hydroxylation is 1. The number of nitrogens with one attached hydrogen (secondary N) is 2. The number of hydrogen-bond acceptors (Lipinski definition) is 3. The Hall–Kier alpha value is -2.15. The number of pyridine rings is 1. The highest BCUT2D eigenvalue weighted by atomic mass is 35.5. The first-order valence-corrected chi connectivity index (χ1v) is 6.29. The number of benzene rings is 1. The molecule has 0 aliphatic carbocycles. The molecule has 0 amide bonds. The van der Waals surface area contributed by atoms with Gasteiger partial charge in [0, 0.05) is 18.3 Å². The molecule has 1 aliphatic rings. The normalized spacial score (nSPS) is 13.0. The summed E-state index contributed by atoms with van der Waals surface area (Å²) in [5, 5.41) is 6.06. The molecule has 2 aromatic rings. The molecule has 3 rings (SSSR count). The van der Waals surface area contributed by atoms with E-state index in [1.807, 2.05) is 0 Å². The number of anilines is 4. The third-order valence-electron chi connectivity index (χ3n) is 3.18. The Morgan fingerprint density at radius 2 is 1.90 bits per heavy atom. The third kappa shape index (κ3) is 2.23. The molecule has 0 bridgehead atoms. The first-order chi connectivity index (χ1) is 9.77. The maximum atomic E-state index is 12.9. The van der Waals surface area contributed by atoms with Crippen LogP contribution in [0, 0.1) is 0 Å². The zero-order valence-electron chi connectivity index (χ0n) is 10.7. The van der Waals surface area contributed by atoms with E-state index in [1.54, 1.807) is 12.1 Å². The number of halogens is 4. The zero-order valence-corrected chi connectivity index (χ0v) is 11.4. The van der Waals surface area contributed by atoms with Crippen LogP contribution in [-0.4, -0.2) is 4.57 Å². The fourth-order valence-corrected chi connectivity index (χ4v) is 2.37. The van der Waals surface area contributed by atoms with Gasteiger partial charge in [0.2, 0.25) is 5.43 Å². The lowest BCUT2D eigenvalue weighted by atomic mass is 10.1. The predicted molar refractivity (Wildman–Crippen MR) is 74.7 cm³/mol. The zero-order chi connectivity index (χ0) is 15.4. The second kappa shape index (κ2) is 4.42. The topological polar surface area (TPSA) is 46.1 Å². The van der Waals surface area contributed by atoms with Crippen LogP contribution in [0.3, 0.4) is 0 Å². The smallest absolute Gasteiger partial charge is 0.348 e. The van der Waals surface area contributed by atoms with Crippen LogP contribution in [0.1, 0.15) is 5.56 Å². The summed E-state index contributed by atoms with van der Waals surface area (Å²) in [6.07, 6.45) is -3.93. The van der Waals surface area contributed by atoms with Gasteiger partial charge < -0.3 is 15.2 Å². The molecular weight excluding hydrogens is 307 g/mol. The van der Waals surface area contributed by atoms with E-state index in [0.29, 0.717) is 16.4 Å². The van der Waals surface area contributed by atoms with E-state index in [9.17, 15) is 18.0 Å². The highest BCUT2D eigenvalue weighted by Crippen LogP contribution is 2.39. The van der Waals surface area contributed by atoms with Gasteiger partial charge in [-0.05, 0) is 18.2 Å². The minimum atomic E-state index is -4.71. The molecule has 1 aromatic heterocycles. The summed E-state index contributed by atoms with van der Waals surface area (Å²) in [7, 11) is 1.43. The van der Waals surface area contributed by atoms with E-state index >= 15 is 0 Å². The maximum absolute atomic E-state index is 12.9. The maximum Gasteiger partial charge on any atom is 0.421 e. The van der Waals surface area contributed by atoms with Crippen molar-refractivity contribution < 1.29 is 13.2 Å². The Labute approximate surface area is 122 Å². The van der Waals surface area contributed by atoms with Crippen LogP contribution in [-0.2, 0) is 13.2 Å². The van der Waals surface area contributed by atoms with Gasteiger partial charge in [-0.15, -0.1) is 0 Å². The van der Waals surface area contributed by atoms with E-state index in [-0.39, 0.29) is 11.5 Å². The van der Waals surface area contributed by atoms with Crippen molar-refractivity contribution in [1.82, 2.24) is 4.57 Å². The van der Waals surface area contributed by atoms with Gasteiger partial charge in [0.25, 0.3) is 0 Å². The Bertz CT molecular complexity index is 798. The molecule has 8 heteroatoms. The molecule has 2 N–H and O–H groups in total. The van der Waals surface area contributed by atoms with Gasteiger partial charge in [-0.2, -0.15) is 13.2 Å². The van der Waals surface area contributed by atoms with Crippen LogP contribution in [0.4, 0.5) is 36.1 Å². The first kappa shape index (κ1) is 13.8. The number of hydrogen-bond donors (Lipinski definition) is 2. The van der Waals surface area contributed by atoms with Gasteiger partial charge in [0.15, 0.2) is 0 Å². The molecule has 0 saturated carbocycles. The summed E-state index contributed by atoms with van der Waals surface area (Å²) >= 11 is 5.85. The van der Waals surface area contributed by atoms with Gasteiger partial charge in [0.1, 0.15) is 17.1 Å². The molecule has 2 heterocycles. The molecule has 0 radical (unpaired) electrons. The van der Waals surface area contributed by atoms with Crippen molar-refractivity contribution in [2.75, 3.05) is 10.6 Å². The Morgan fingerprint density at radius 1 is 1.19 bits per heavy atom. The molecule has 0 unspecified atom stereocenters. The van der Waals surface area contributed by atoms with Crippen molar-refractivity contribution >= 4 is 34.5 Å². The van der Waals surface area contributed by atoms with Crippen molar-refractivity contribution in [3.05, 3.63) is 45.2 Å². The van der Waals surface area contributed by atoms with E-state index in [2.05, 4.69) is 10.6 Å². The Morgan fingerprint density at radius 3 is 2.57 bits per heavy atom. The van der Waals surface area contributed by atoms with Crippen molar-refractivity contribution in [2.24, 2.45) is 7.05 Å². The summed E-state index contributed by atoms with van der Waals surface area (Å²) in [6, 6.07) is 4.85. The first-order valence-electron chi connectivity index (χ1n) is 5.92. The number of fused-ring (bicyclic) bond motifs is 2. The lowest BCUT2D eigenvalue weighted by Crippen LogP contribution is -2.27. The molecule has 4 nitrogen and oxygen atoms in total. The van der Waals surface area contributed by atoms with Crippen LogP contribution in [0.2, 0.25) is 5.02 Å². The number of nitrogens with zero attached hydrogens (tertiary/aromatic N) is 1. The van der Waals surface area contributed by atoms with Crippen LogP contribution in [0.25, 0.3) is 0 Å². The van der Waals surface area contributed by atoms with Crippen LogP contribution in [0.15, 0.2) is 29.2 Å². The average molecular weight is 316 g/mol. The van der Waals surface area contributed by atoms with E-state index in [1.165, 1.54) is 17.7 Å². The van der Waals surface area contributed by atoms with Crippen molar-refractivity contribution in [1.29, 1.82) is 0 Å². The minimum Gasteiger partial charge on any atom is -0.348 e. The SMILES string of the molecule is Cn1cc(C(F)(F)F)c(=O)c2c1Nc1ccc(Cl)cc1N2. The van der Waals surface area contributed by atoms with E-state index < -0.39 is 17.2 Å². The highest BCUT2D eigenvalue weighted by molar-refractivity contribution is 6.31. The number of alkyl halides is 3. The second-order valence-electron chi connectivity index (χ2n) is 4.64. The molecule has 21 heavy (non-hydrogen) atoms. The molecule has 1 aromatic carbocycles. The largest absolute Gasteiger partial charge is 0.421 e. The molecule has 0 spiro atoms. The summed E-state index contributed by atoms with van der Waals surface area (Å²) in [6.45, 7) is 0. The van der Waals surface area contributed by atoms with Gasteiger partial charge in [-0.25, -0.2) is 0 Å². The fourth-order valence-electron chi connectivity index (χ4n) is 2.20. The van der Waals surface area contributed by atoms with Crippen molar-refractivity contribution in [2.45, 2.75) is 6.18 Å². The van der Waals surface area contributed by atoms with Crippen LogP contribution >= 0.6 is 11.6 Å². The minimum absolute atomic E-state index is 0.151. The molecule has 0 saturated heterocycles. The summed E-state index contributed by atoms with van der Waals surface area (Å²) in [5.41, 5.74) is -1.40. The molecule has 0 atom stereocenters. The lowest BCUT2D eigenvalue weighted by molar-refractivity contribution is -0.138. The monoisotopic (exact) mass is 315 g/mol. The summed E-state index contributed by atoms with van der Waals surface area (Å²) < 4.78 is 39.9. The van der Waals surface area contributed by atoms with Gasteiger partial charge in [-0.1, -0.05) is 11.6 Å². The molecule has 1 aliphatic heterocycles. The molecular formula is C13H9ClF3N3O. The van der Waals surface area contributed by atoms with Gasteiger partial charge in [-0.3, -0.25) is 4.79 Å². The quantitative estimate of drug-likeness (QED) is 0.662. The van der Waals surface area contributed by atoms with Crippen LogP contribution in [0.5, 0.6) is 0 Å². The second-order valence-corrected chi connectivity index (χ2v) is 5.08. The summed E-state index contributed by atoms with van der Waals surface area (Å²) in [5.74, 6) is 0.267. The van der Waals surface area contributed by atoms with E-state index in [4.69, 9.17) is 11.6 Å². The van der Waals surface area contributed by atoms with E-state index in [0.717, 1.165) is 6.20 Å². The van der Waals surface area contributed by atoms with Crippen molar-refractivity contribution in [3.8, 4) is 0 Å². The Balaban J connectivity index is 2.21. The molecule has 110 valence electrons. The average Bonchev–Trinajstić information content (AvgIpc) is 2.40. The van der Waals surface area contributed by atoms with Gasteiger partial charge in [0.05, 0.1) is 11.4 Å². The number of aromatic nitrogens is 1. The predicted octanol–water partition coefficient (Wildman–Crippen LogP) is 3.86. The fraction of sp³-hybridized carbons (Fsp3) is 0.154. The lowest BCUT2D eigenvalue weighted by Gasteiger charge is -2.25. The van der Waals surface area contributed by atoms with Gasteiger partial charge >= 0.3 is 6.18 Å². The molecule has 0 fully saturated rings. The number of rotatable bonds is 0. The summed E-state index contributed by atoms with van der Waals surface area (Å²) in [4.78, 5) is 12.0. The third-order valence-corrected chi connectivity index (χ3v) is 3.42. The Kier molecular flexibility index (Phi) is 2.91. The highest BCUT2D eigenvalue weighted by Gasteiger charge is 2.36. The van der Waals surface area contributed by atoms with Crippen molar-refractivity contribution in [3.63, 3.8) is 0 Å². The standard InChI is InChI=1S/C13H9ClF3N3O/c1-20-5-7(13(15,16)17)11(21)10-12(20)19-8-3-2-6(14)4-9(8)18-10/h2-5,18-19H,1H3.